The van der Waals surface area contributed by atoms with E-state index < -0.39 is 17.8 Å². The van der Waals surface area contributed by atoms with Gasteiger partial charge in [-0.05, 0) is 31.5 Å². The second-order valence-electron chi connectivity index (χ2n) is 5.42. The summed E-state index contributed by atoms with van der Waals surface area (Å²) in [4.78, 5) is 25.3. The van der Waals surface area contributed by atoms with E-state index in [1.54, 1.807) is 6.07 Å². The predicted molar refractivity (Wildman–Crippen MR) is 88.5 cm³/mol. The molecular weight excluding hydrogens is 314 g/mol. The van der Waals surface area contributed by atoms with Crippen molar-refractivity contribution in [3.05, 3.63) is 23.8 Å². The van der Waals surface area contributed by atoms with Crippen LogP contribution in [0.2, 0.25) is 0 Å². The number of carboxylic acid groups (broad SMARTS) is 1. The van der Waals surface area contributed by atoms with E-state index in [1.165, 1.54) is 31.1 Å². The van der Waals surface area contributed by atoms with Crippen LogP contribution >= 0.6 is 0 Å². The van der Waals surface area contributed by atoms with Crippen LogP contribution in [-0.2, 0) is 9.53 Å². The molecule has 0 heterocycles. The van der Waals surface area contributed by atoms with Gasteiger partial charge in [-0.25, -0.2) is 0 Å². The van der Waals surface area contributed by atoms with Crippen LogP contribution in [0.5, 0.6) is 11.5 Å². The third-order valence-electron chi connectivity index (χ3n) is 3.56. The number of phenolic OH excluding ortho intramolecular Hbond substituents is 1. The van der Waals surface area contributed by atoms with Crippen LogP contribution in [-0.4, -0.2) is 60.4 Å². The number of rotatable bonds is 10. The fraction of sp³-hybridized carbons (Fsp3) is 0.529. The second-order valence-corrected chi connectivity index (χ2v) is 5.42. The van der Waals surface area contributed by atoms with Crippen LogP contribution in [0.1, 0.15) is 30.6 Å². The van der Waals surface area contributed by atoms with Crippen LogP contribution in [0.25, 0.3) is 0 Å². The lowest BCUT2D eigenvalue weighted by atomic mass is 10.1. The van der Waals surface area contributed by atoms with E-state index in [0.717, 1.165) is 0 Å². The molecule has 1 aromatic rings. The molecule has 0 saturated heterocycles. The van der Waals surface area contributed by atoms with Crippen molar-refractivity contribution in [1.82, 2.24) is 4.90 Å². The minimum absolute atomic E-state index is 0.0525. The maximum absolute atomic E-state index is 12.7. The number of carbonyl (C=O) groups excluding carboxylic acids is 1. The molecule has 134 valence electrons. The Morgan fingerprint density at radius 2 is 2.04 bits per heavy atom. The summed E-state index contributed by atoms with van der Waals surface area (Å²) in [5.74, 6) is -1.85. The van der Waals surface area contributed by atoms with Crippen molar-refractivity contribution >= 4 is 11.9 Å². The van der Waals surface area contributed by atoms with E-state index in [4.69, 9.17) is 14.6 Å². The summed E-state index contributed by atoms with van der Waals surface area (Å²) in [5, 5.41) is 19.1. The summed E-state index contributed by atoms with van der Waals surface area (Å²) in [5.41, 5.74) is 0.0864. The van der Waals surface area contributed by atoms with Gasteiger partial charge in [-0.1, -0.05) is 6.92 Å². The Morgan fingerprint density at radius 3 is 2.62 bits per heavy atom. The summed E-state index contributed by atoms with van der Waals surface area (Å²) in [6.45, 7) is 4.87. The van der Waals surface area contributed by atoms with Crippen molar-refractivity contribution in [2.75, 3.05) is 33.4 Å². The van der Waals surface area contributed by atoms with Crippen LogP contribution in [0, 0.1) is 5.92 Å². The molecule has 0 aliphatic carbocycles. The lowest BCUT2D eigenvalue weighted by Gasteiger charge is -2.25. The molecule has 0 radical (unpaired) electrons. The Hall–Kier alpha value is -2.28. The third-order valence-corrected chi connectivity index (χ3v) is 3.56. The highest BCUT2D eigenvalue weighted by molar-refractivity contribution is 5.97. The van der Waals surface area contributed by atoms with E-state index in [-0.39, 0.29) is 17.9 Å². The molecule has 1 unspecified atom stereocenters. The van der Waals surface area contributed by atoms with Crippen LogP contribution < -0.4 is 4.74 Å². The Balaban J connectivity index is 2.94. The fourth-order valence-corrected chi connectivity index (χ4v) is 2.17. The number of ether oxygens (including phenoxy) is 2. The van der Waals surface area contributed by atoms with Crippen molar-refractivity contribution in [1.29, 1.82) is 0 Å². The molecule has 0 aliphatic heterocycles. The highest BCUT2D eigenvalue weighted by atomic mass is 16.5. The Kier molecular flexibility index (Phi) is 8.05. The van der Waals surface area contributed by atoms with E-state index in [0.29, 0.717) is 31.9 Å². The number of hydrogen-bond acceptors (Lipinski definition) is 5. The minimum atomic E-state index is -0.979. The molecule has 1 rings (SSSR count). The van der Waals surface area contributed by atoms with Gasteiger partial charge in [0.05, 0.1) is 18.6 Å². The molecule has 1 amide bonds. The van der Waals surface area contributed by atoms with Gasteiger partial charge in [-0.2, -0.15) is 0 Å². The van der Waals surface area contributed by atoms with Crippen LogP contribution in [0.3, 0.4) is 0 Å². The van der Waals surface area contributed by atoms with Gasteiger partial charge in [0.15, 0.2) is 0 Å². The second kappa shape index (κ2) is 9.77. The molecule has 7 nitrogen and oxygen atoms in total. The number of hydrogen-bond donors (Lipinski definition) is 2. The van der Waals surface area contributed by atoms with Gasteiger partial charge in [0, 0.05) is 26.3 Å². The minimum Gasteiger partial charge on any atom is -0.507 e. The first-order valence-electron chi connectivity index (χ1n) is 7.87. The molecule has 0 bridgehead atoms. The summed E-state index contributed by atoms with van der Waals surface area (Å²) in [7, 11) is 1.47. The van der Waals surface area contributed by atoms with Crippen molar-refractivity contribution < 1.29 is 29.3 Å². The SMILES string of the molecule is CCOCCCN(CC(C)C(=O)O)C(=O)c1cc(OC)ccc1O. The lowest BCUT2D eigenvalue weighted by Crippen LogP contribution is -2.38. The van der Waals surface area contributed by atoms with Crippen molar-refractivity contribution in [3.63, 3.8) is 0 Å². The van der Waals surface area contributed by atoms with E-state index in [1.807, 2.05) is 6.92 Å². The van der Waals surface area contributed by atoms with Gasteiger partial charge in [-0.3, -0.25) is 9.59 Å². The van der Waals surface area contributed by atoms with Gasteiger partial charge in [0.2, 0.25) is 0 Å². The van der Waals surface area contributed by atoms with Gasteiger partial charge >= 0.3 is 5.97 Å². The number of benzene rings is 1. The number of aliphatic carboxylic acids is 1. The maximum Gasteiger partial charge on any atom is 0.308 e. The average molecular weight is 339 g/mol. The molecule has 0 aromatic heterocycles. The van der Waals surface area contributed by atoms with Gasteiger partial charge in [0.1, 0.15) is 11.5 Å². The molecule has 24 heavy (non-hydrogen) atoms. The number of nitrogens with zero attached hydrogens (tertiary/aromatic N) is 1. The number of amides is 1. The first-order valence-corrected chi connectivity index (χ1v) is 7.87. The standard InChI is InChI=1S/C17H25NO6/c1-4-24-9-5-8-18(11-12(2)17(21)22)16(20)14-10-13(23-3)6-7-15(14)19/h6-7,10,12,19H,4-5,8-9,11H2,1-3H3,(H,21,22). The van der Waals surface area contributed by atoms with Gasteiger partial charge in [-0.15, -0.1) is 0 Å². The lowest BCUT2D eigenvalue weighted by molar-refractivity contribution is -0.141. The quantitative estimate of drug-likeness (QED) is 0.633. The zero-order valence-corrected chi connectivity index (χ0v) is 14.3. The van der Waals surface area contributed by atoms with Crippen LogP contribution in [0.15, 0.2) is 18.2 Å². The van der Waals surface area contributed by atoms with Gasteiger partial charge < -0.3 is 24.6 Å². The smallest absolute Gasteiger partial charge is 0.308 e. The maximum atomic E-state index is 12.7. The Morgan fingerprint density at radius 1 is 1.33 bits per heavy atom. The van der Waals surface area contributed by atoms with E-state index in [9.17, 15) is 14.7 Å². The highest BCUT2D eigenvalue weighted by Crippen LogP contribution is 2.24. The molecule has 0 aliphatic rings. The molecule has 2 N–H and O–H groups in total. The molecule has 0 fully saturated rings. The normalized spacial score (nSPS) is 11.8. The van der Waals surface area contributed by atoms with E-state index >= 15 is 0 Å². The molecule has 7 heteroatoms. The summed E-state index contributed by atoms with van der Waals surface area (Å²) in [6.07, 6.45) is 0.580. The summed E-state index contributed by atoms with van der Waals surface area (Å²) < 4.78 is 10.3. The molecule has 1 atom stereocenters. The first kappa shape index (κ1) is 19.8. The van der Waals surface area contributed by atoms with Crippen molar-refractivity contribution in [2.24, 2.45) is 5.92 Å². The fourth-order valence-electron chi connectivity index (χ4n) is 2.17. The monoisotopic (exact) mass is 339 g/mol. The Bertz CT molecular complexity index is 560. The Labute approximate surface area is 141 Å². The largest absolute Gasteiger partial charge is 0.507 e. The van der Waals surface area contributed by atoms with Crippen LogP contribution in [0.4, 0.5) is 0 Å². The van der Waals surface area contributed by atoms with Gasteiger partial charge in [0.25, 0.3) is 5.91 Å². The average Bonchev–Trinajstić information content (AvgIpc) is 2.57. The number of carbonyl (C=O) groups is 2. The van der Waals surface area contributed by atoms with Crippen molar-refractivity contribution in [2.45, 2.75) is 20.3 Å². The summed E-state index contributed by atoms with van der Waals surface area (Å²) >= 11 is 0. The third kappa shape index (κ3) is 5.73. The molecule has 0 saturated carbocycles. The highest BCUT2D eigenvalue weighted by Gasteiger charge is 2.23. The first-order chi connectivity index (χ1) is 11.4. The number of aromatic hydroxyl groups is 1. The number of carboxylic acids is 1. The zero-order chi connectivity index (χ0) is 18.1. The van der Waals surface area contributed by atoms with Crippen molar-refractivity contribution in [3.8, 4) is 11.5 Å². The molecular formula is C17H25NO6. The van der Waals surface area contributed by atoms with E-state index in [2.05, 4.69) is 0 Å². The topological polar surface area (TPSA) is 96.3 Å². The number of methoxy groups -OCH3 is 1. The summed E-state index contributed by atoms with van der Waals surface area (Å²) in [6, 6.07) is 4.37. The number of phenols is 1. The predicted octanol–water partition coefficient (Wildman–Crippen LogP) is 1.99. The zero-order valence-electron chi connectivity index (χ0n) is 14.3. The molecule has 0 spiro atoms. The molecule has 1 aromatic carbocycles.